The molecule has 0 aliphatic carbocycles. The van der Waals surface area contributed by atoms with Crippen molar-refractivity contribution in [1.29, 1.82) is 0 Å². The molecule has 8 nitrogen and oxygen atoms in total. The molecule has 0 fully saturated rings. The molecule has 1 aromatic heterocycles. The van der Waals surface area contributed by atoms with Crippen molar-refractivity contribution in [3.05, 3.63) is 18.5 Å². The van der Waals surface area contributed by atoms with Crippen LogP contribution in [0, 0.1) is 0 Å². The Morgan fingerprint density at radius 1 is 1.27 bits per heavy atom. The fourth-order valence-electron chi connectivity index (χ4n) is 1.40. The van der Waals surface area contributed by atoms with Crippen molar-refractivity contribution >= 4 is 18.0 Å². The number of aromatic nitrogens is 2. The van der Waals surface area contributed by atoms with Crippen LogP contribution < -0.4 is 10.6 Å². The molecule has 22 heavy (non-hydrogen) atoms. The Bertz CT molecular complexity index is 526. The summed E-state index contributed by atoms with van der Waals surface area (Å²) in [6.07, 6.45) is -4.42. The van der Waals surface area contributed by atoms with Gasteiger partial charge in [-0.05, 0) is 13.0 Å². The van der Waals surface area contributed by atoms with Crippen molar-refractivity contribution in [2.75, 3.05) is 19.0 Å². The molecular weight excluding hydrogens is 309 g/mol. The third kappa shape index (κ3) is 3.74. The summed E-state index contributed by atoms with van der Waals surface area (Å²) in [6.45, 7) is 1.20. The molecule has 2 N–H and O–H groups in total. The number of rotatable bonds is 5. The number of nitrogens with zero attached hydrogens (tertiary/aromatic N) is 2. The average molecular weight is 322 g/mol. The Labute approximate surface area is 123 Å². The Kier molecular flexibility index (Phi) is 5.49. The number of carbonyl (C=O) groups is 2. The van der Waals surface area contributed by atoms with E-state index in [0.717, 1.165) is 19.5 Å². The van der Waals surface area contributed by atoms with E-state index in [1.165, 1.54) is 18.3 Å². The van der Waals surface area contributed by atoms with Gasteiger partial charge >= 0.3 is 23.9 Å². The van der Waals surface area contributed by atoms with Crippen LogP contribution >= 0.6 is 0 Å². The largest absolute Gasteiger partial charge is 0.466 e. The molecule has 0 bridgehead atoms. The Morgan fingerprint density at radius 3 is 2.32 bits per heavy atom. The highest BCUT2D eigenvalue weighted by Gasteiger charge is 2.64. The highest BCUT2D eigenvalue weighted by atomic mass is 19.4. The molecule has 0 spiro atoms. The molecule has 1 heterocycles. The minimum Gasteiger partial charge on any atom is -0.466 e. The molecule has 0 saturated heterocycles. The highest BCUT2D eigenvalue weighted by Crippen LogP contribution is 2.32. The van der Waals surface area contributed by atoms with E-state index in [-0.39, 0.29) is 6.61 Å². The molecule has 1 aromatic rings. The van der Waals surface area contributed by atoms with Crippen LogP contribution in [-0.4, -0.2) is 47.6 Å². The van der Waals surface area contributed by atoms with Gasteiger partial charge in [0.05, 0.1) is 13.7 Å². The number of hydrogen-bond acceptors (Lipinski definition) is 7. The molecule has 1 amide bonds. The monoisotopic (exact) mass is 322 g/mol. The van der Waals surface area contributed by atoms with Crippen LogP contribution in [0.1, 0.15) is 6.92 Å². The number of hydrogen-bond donors (Lipinski definition) is 2. The van der Waals surface area contributed by atoms with Gasteiger partial charge in [0.1, 0.15) is 0 Å². The number of nitrogens with one attached hydrogen (secondary N) is 2. The fraction of sp³-hybridized carbons (Fsp3) is 0.455. The fourth-order valence-corrected chi connectivity index (χ4v) is 1.40. The smallest absolute Gasteiger partial charge is 0.442 e. The number of alkyl carbamates (subject to hydrolysis) is 1. The minimum atomic E-state index is -5.26. The van der Waals surface area contributed by atoms with Gasteiger partial charge in [-0.25, -0.2) is 19.6 Å². The topological polar surface area (TPSA) is 102 Å². The van der Waals surface area contributed by atoms with Gasteiger partial charge in [-0.15, -0.1) is 0 Å². The molecule has 0 unspecified atom stereocenters. The number of amides is 1. The van der Waals surface area contributed by atoms with Gasteiger partial charge in [0.2, 0.25) is 5.95 Å². The normalized spacial score (nSPS) is 13.7. The lowest BCUT2D eigenvalue weighted by molar-refractivity contribution is -0.204. The zero-order valence-electron chi connectivity index (χ0n) is 11.6. The standard InChI is InChI=1S/C11H13F3N4O4/c1-3-22-9(20)18-10(7(19)21-2,11(12,13)14)17-8-15-5-4-6-16-8/h4-6H,3H2,1-2H3,(H,18,20)(H,15,16,17)/t10-/m1/s1. The van der Waals surface area contributed by atoms with Crippen LogP contribution in [0.25, 0.3) is 0 Å². The van der Waals surface area contributed by atoms with Crippen molar-refractivity contribution in [3.8, 4) is 0 Å². The van der Waals surface area contributed by atoms with Crippen molar-refractivity contribution < 1.29 is 32.2 Å². The number of carbonyl (C=O) groups excluding carboxylic acids is 2. The van der Waals surface area contributed by atoms with Crippen LogP contribution in [0.3, 0.4) is 0 Å². The molecule has 122 valence electrons. The number of halogens is 3. The second kappa shape index (κ2) is 6.91. The maximum Gasteiger partial charge on any atom is 0.442 e. The summed E-state index contributed by atoms with van der Waals surface area (Å²) in [5.74, 6) is -2.34. The number of ether oxygens (including phenoxy) is 2. The molecule has 11 heteroatoms. The number of esters is 1. The summed E-state index contributed by atoms with van der Waals surface area (Å²) >= 11 is 0. The quantitative estimate of drug-likeness (QED) is 0.617. The van der Waals surface area contributed by atoms with Gasteiger partial charge in [-0.3, -0.25) is 5.32 Å². The predicted molar refractivity (Wildman–Crippen MR) is 66.6 cm³/mol. The van der Waals surface area contributed by atoms with Crippen LogP contribution in [0.5, 0.6) is 0 Å². The van der Waals surface area contributed by atoms with Gasteiger partial charge < -0.3 is 14.8 Å². The molecule has 1 rings (SSSR count). The summed E-state index contributed by atoms with van der Waals surface area (Å²) in [5.41, 5.74) is -3.59. The van der Waals surface area contributed by atoms with Gasteiger partial charge in [-0.1, -0.05) is 0 Å². The molecule has 0 aromatic carbocycles. The third-order valence-electron chi connectivity index (χ3n) is 2.35. The SMILES string of the molecule is CCOC(=O)N[C@](Nc1ncccn1)(C(=O)OC)C(F)(F)F. The van der Waals surface area contributed by atoms with Crippen LogP contribution in [-0.2, 0) is 14.3 Å². The lowest BCUT2D eigenvalue weighted by atomic mass is 10.1. The van der Waals surface area contributed by atoms with Crippen LogP contribution in [0.4, 0.5) is 23.9 Å². The van der Waals surface area contributed by atoms with E-state index in [2.05, 4.69) is 19.4 Å². The van der Waals surface area contributed by atoms with Gasteiger partial charge in [0.25, 0.3) is 0 Å². The zero-order valence-corrected chi connectivity index (χ0v) is 11.6. The molecule has 0 saturated carbocycles. The first kappa shape index (κ1) is 17.5. The second-order valence-corrected chi connectivity index (χ2v) is 3.78. The number of methoxy groups -OCH3 is 1. The van der Waals surface area contributed by atoms with Gasteiger partial charge in [-0.2, -0.15) is 13.2 Å². The Morgan fingerprint density at radius 2 is 1.86 bits per heavy atom. The molecular formula is C11H13F3N4O4. The maximum atomic E-state index is 13.4. The number of alkyl halides is 3. The first-order valence-corrected chi connectivity index (χ1v) is 5.92. The van der Waals surface area contributed by atoms with E-state index in [9.17, 15) is 22.8 Å². The van der Waals surface area contributed by atoms with Crippen molar-refractivity contribution in [2.45, 2.75) is 18.8 Å². The first-order chi connectivity index (χ1) is 10.3. The first-order valence-electron chi connectivity index (χ1n) is 5.92. The van der Waals surface area contributed by atoms with E-state index in [1.807, 2.05) is 0 Å². The highest BCUT2D eigenvalue weighted by molar-refractivity contribution is 5.89. The maximum absolute atomic E-state index is 13.4. The Hall–Kier alpha value is -2.59. The molecule has 0 aliphatic heterocycles. The van der Waals surface area contributed by atoms with Crippen LogP contribution in [0.2, 0.25) is 0 Å². The summed E-state index contributed by atoms with van der Waals surface area (Å²) < 4.78 is 48.8. The minimum absolute atomic E-state index is 0.192. The summed E-state index contributed by atoms with van der Waals surface area (Å²) in [6, 6.07) is 1.36. The molecule has 0 radical (unpaired) electrons. The lowest BCUT2D eigenvalue weighted by Gasteiger charge is -2.33. The molecule has 1 atom stereocenters. The predicted octanol–water partition coefficient (Wildman–Crippen LogP) is 1.07. The van der Waals surface area contributed by atoms with E-state index in [0.29, 0.717) is 0 Å². The van der Waals surface area contributed by atoms with Crippen molar-refractivity contribution in [3.63, 3.8) is 0 Å². The van der Waals surface area contributed by atoms with E-state index >= 15 is 0 Å². The summed E-state index contributed by atoms with van der Waals surface area (Å²) in [4.78, 5) is 30.1. The van der Waals surface area contributed by atoms with E-state index < -0.39 is 29.9 Å². The summed E-state index contributed by atoms with van der Waals surface area (Å²) in [7, 11) is 0.739. The van der Waals surface area contributed by atoms with E-state index in [1.54, 1.807) is 5.32 Å². The van der Waals surface area contributed by atoms with Crippen LogP contribution in [0.15, 0.2) is 18.5 Å². The average Bonchev–Trinajstić information content (AvgIpc) is 2.45. The zero-order chi connectivity index (χ0) is 16.8. The Balaban J connectivity index is 3.26. The lowest BCUT2D eigenvalue weighted by Crippen LogP contribution is -2.69. The molecule has 0 aliphatic rings. The van der Waals surface area contributed by atoms with Crippen molar-refractivity contribution in [2.24, 2.45) is 0 Å². The third-order valence-corrected chi connectivity index (χ3v) is 2.35. The van der Waals surface area contributed by atoms with Gasteiger partial charge in [0.15, 0.2) is 0 Å². The van der Waals surface area contributed by atoms with Crippen molar-refractivity contribution in [1.82, 2.24) is 15.3 Å². The number of anilines is 1. The van der Waals surface area contributed by atoms with E-state index in [4.69, 9.17) is 0 Å². The second-order valence-electron chi connectivity index (χ2n) is 3.78. The summed E-state index contributed by atoms with van der Waals surface area (Å²) in [5, 5.41) is 3.16. The van der Waals surface area contributed by atoms with Gasteiger partial charge in [0, 0.05) is 12.4 Å².